The largest absolute Gasteiger partial charge is 0.371 e. The Morgan fingerprint density at radius 2 is 2.20 bits per heavy atom. The molecule has 1 unspecified atom stereocenters. The van der Waals surface area contributed by atoms with Crippen molar-refractivity contribution in [3.05, 3.63) is 0 Å². The monoisotopic (exact) mass is 158 g/mol. The van der Waals surface area contributed by atoms with Gasteiger partial charge in [0.05, 0.1) is 11.7 Å². The van der Waals surface area contributed by atoms with Gasteiger partial charge in [-0.05, 0) is 32.1 Å². The third-order valence-corrected chi connectivity index (χ3v) is 3.21. The second-order valence-corrected chi connectivity index (χ2v) is 3.86. The molecule has 2 heteroatoms. The van der Waals surface area contributed by atoms with Crippen LogP contribution in [0.25, 0.3) is 0 Å². The smallest absolute Gasteiger partial charge is 0.0687 e. The molecule has 0 aromatic heterocycles. The molecule has 2 fully saturated rings. The minimum atomic E-state index is 0.341. The fourth-order valence-electron chi connectivity index (χ4n) is 1.96. The molecule has 1 aliphatic heterocycles. The van der Waals surface area contributed by atoms with E-state index >= 15 is 0 Å². The van der Waals surface area contributed by atoms with E-state index in [0.29, 0.717) is 11.7 Å². The van der Waals surface area contributed by atoms with Gasteiger partial charge in [0.2, 0.25) is 0 Å². The highest BCUT2D eigenvalue weighted by Gasteiger charge is 2.44. The summed E-state index contributed by atoms with van der Waals surface area (Å²) in [5, 5.41) is 0. The zero-order valence-corrected chi connectivity index (χ0v) is 7.07. The summed E-state index contributed by atoms with van der Waals surface area (Å²) in [6, 6.07) is 0. The maximum atomic E-state index is 5.86. The molecule has 0 aromatic rings. The molecule has 58 valence electrons. The number of thiol groups is 1. The Morgan fingerprint density at radius 3 is 2.50 bits per heavy atom. The van der Waals surface area contributed by atoms with E-state index in [2.05, 4.69) is 12.6 Å². The van der Waals surface area contributed by atoms with Crippen molar-refractivity contribution in [2.45, 2.75) is 43.8 Å². The Balaban J connectivity index is 1.92. The number of rotatable bonds is 1. The van der Waals surface area contributed by atoms with Crippen LogP contribution < -0.4 is 0 Å². The summed E-state index contributed by atoms with van der Waals surface area (Å²) in [5.41, 5.74) is 0.341. The Labute approximate surface area is 67.6 Å². The first-order valence-corrected chi connectivity index (χ1v) is 4.77. The van der Waals surface area contributed by atoms with Crippen LogP contribution in [0.4, 0.5) is 0 Å². The third kappa shape index (κ3) is 0.978. The Hall–Kier alpha value is 0.310. The van der Waals surface area contributed by atoms with E-state index in [9.17, 15) is 0 Å². The molecule has 1 atom stereocenters. The lowest BCUT2D eigenvalue weighted by Crippen LogP contribution is -2.37. The molecule has 1 spiro atoms. The highest BCUT2D eigenvalue weighted by molar-refractivity contribution is 7.80. The normalized spacial score (nSPS) is 36.3. The molecular weight excluding hydrogens is 144 g/mol. The van der Waals surface area contributed by atoms with Gasteiger partial charge in [-0.2, -0.15) is 12.6 Å². The number of ether oxygens (including phenoxy) is 1. The minimum Gasteiger partial charge on any atom is -0.371 e. The average molecular weight is 158 g/mol. The van der Waals surface area contributed by atoms with Gasteiger partial charge in [0.1, 0.15) is 0 Å². The van der Waals surface area contributed by atoms with Crippen molar-refractivity contribution >= 4 is 12.6 Å². The van der Waals surface area contributed by atoms with E-state index in [1.54, 1.807) is 0 Å². The molecule has 0 radical (unpaired) electrons. The number of hydrogen-bond donors (Lipinski definition) is 1. The standard InChI is InChI=1S/C8H14OS/c10-6-7-2-5-8(9-7)3-1-4-8/h7,10H,1-6H2. The van der Waals surface area contributed by atoms with Gasteiger partial charge in [-0.15, -0.1) is 0 Å². The van der Waals surface area contributed by atoms with Gasteiger partial charge in [0.25, 0.3) is 0 Å². The van der Waals surface area contributed by atoms with Crippen molar-refractivity contribution in [2.24, 2.45) is 0 Å². The quantitative estimate of drug-likeness (QED) is 0.574. The molecule has 0 amide bonds. The van der Waals surface area contributed by atoms with Gasteiger partial charge in [-0.3, -0.25) is 0 Å². The molecule has 1 aliphatic carbocycles. The molecule has 0 aromatic carbocycles. The van der Waals surface area contributed by atoms with E-state index in [1.165, 1.54) is 32.1 Å². The van der Waals surface area contributed by atoms with E-state index in [4.69, 9.17) is 4.74 Å². The summed E-state index contributed by atoms with van der Waals surface area (Å²) >= 11 is 4.23. The first kappa shape index (κ1) is 6.99. The predicted molar refractivity (Wildman–Crippen MR) is 44.5 cm³/mol. The minimum absolute atomic E-state index is 0.341. The second-order valence-electron chi connectivity index (χ2n) is 3.50. The summed E-state index contributed by atoms with van der Waals surface area (Å²) in [6.07, 6.45) is 6.97. The lowest BCUT2D eigenvalue weighted by molar-refractivity contribution is -0.0837. The lowest BCUT2D eigenvalue weighted by atomic mass is 9.78. The molecule has 2 aliphatic rings. The maximum Gasteiger partial charge on any atom is 0.0687 e. The summed E-state index contributed by atoms with van der Waals surface area (Å²) in [6.45, 7) is 0. The SMILES string of the molecule is SCC1CCC2(CCC2)O1. The van der Waals surface area contributed by atoms with Gasteiger partial charge in [-0.25, -0.2) is 0 Å². The van der Waals surface area contributed by atoms with E-state index < -0.39 is 0 Å². The average Bonchev–Trinajstić information content (AvgIpc) is 2.29. The van der Waals surface area contributed by atoms with Crippen LogP contribution in [0.5, 0.6) is 0 Å². The van der Waals surface area contributed by atoms with Crippen LogP contribution >= 0.6 is 12.6 Å². The van der Waals surface area contributed by atoms with Crippen molar-refractivity contribution in [1.29, 1.82) is 0 Å². The fourth-order valence-corrected chi connectivity index (χ4v) is 2.22. The van der Waals surface area contributed by atoms with Crippen LogP contribution in [0.2, 0.25) is 0 Å². The molecule has 0 bridgehead atoms. The van der Waals surface area contributed by atoms with Crippen LogP contribution in [-0.4, -0.2) is 17.5 Å². The zero-order valence-electron chi connectivity index (χ0n) is 6.18. The van der Waals surface area contributed by atoms with Crippen LogP contribution in [0.1, 0.15) is 32.1 Å². The van der Waals surface area contributed by atoms with Crippen molar-refractivity contribution in [3.63, 3.8) is 0 Å². The first-order valence-electron chi connectivity index (χ1n) is 4.13. The molecule has 0 N–H and O–H groups in total. The zero-order chi connectivity index (χ0) is 7.03. The van der Waals surface area contributed by atoms with E-state index in [0.717, 1.165) is 5.75 Å². The Bertz CT molecular complexity index is 131. The second kappa shape index (κ2) is 2.42. The molecular formula is C8H14OS. The summed E-state index contributed by atoms with van der Waals surface area (Å²) in [7, 11) is 0. The van der Waals surface area contributed by atoms with Crippen LogP contribution in [-0.2, 0) is 4.74 Å². The topological polar surface area (TPSA) is 9.23 Å². The predicted octanol–water partition coefficient (Wildman–Crippen LogP) is 2.02. The summed E-state index contributed by atoms with van der Waals surface area (Å²) < 4.78 is 5.86. The van der Waals surface area contributed by atoms with Crippen LogP contribution in [0, 0.1) is 0 Å². The van der Waals surface area contributed by atoms with Gasteiger partial charge in [0.15, 0.2) is 0 Å². The van der Waals surface area contributed by atoms with E-state index in [-0.39, 0.29) is 0 Å². The van der Waals surface area contributed by atoms with Crippen molar-refractivity contribution in [2.75, 3.05) is 5.75 Å². The van der Waals surface area contributed by atoms with Crippen LogP contribution in [0.15, 0.2) is 0 Å². The molecule has 1 heterocycles. The Kier molecular flexibility index (Phi) is 1.69. The van der Waals surface area contributed by atoms with Gasteiger partial charge < -0.3 is 4.74 Å². The van der Waals surface area contributed by atoms with Crippen LogP contribution in [0.3, 0.4) is 0 Å². The lowest BCUT2D eigenvalue weighted by Gasteiger charge is -2.37. The molecule has 2 rings (SSSR count). The van der Waals surface area contributed by atoms with Crippen molar-refractivity contribution < 1.29 is 4.74 Å². The van der Waals surface area contributed by atoms with Crippen molar-refractivity contribution in [1.82, 2.24) is 0 Å². The van der Waals surface area contributed by atoms with E-state index in [1.807, 2.05) is 0 Å². The van der Waals surface area contributed by atoms with Gasteiger partial charge >= 0.3 is 0 Å². The molecule has 1 saturated heterocycles. The first-order chi connectivity index (χ1) is 4.85. The summed E-state index contributed by atoms with van der Waals surface area (Å²) in [5.74, 6) is 0.905. The highest BCUT2D eigenvalue weighted by atomic mass is 32.1. The van der Waals surface area contributed by atoms with Crippen molar-refractivity contribution in [3.8, 4) is 0 Å². The molecule has 1 saturated carbocycles. The van der Waals surface area contributed by atoms with Gasteiger partial charge in [0, 0.05) is 5.75 Å². The number of hydrogen-bond acceptors (Lipinski definition) is 2. The molecule has 10 heavy (non-hydrogen) atoms. The third-order valence-electron chi connectivity index (χ3n) is 2.81. The molecule has 1 nitrogen and oxygen atoms in total. The summed E-state index contributed by atoms with van der Waals surface area (Å²) in [4.78, 5) is 0. The van der Waals surface area contributed by atoms with Gasteiger partial charge in [-0.1, -0.05) is 0 Å². The Morgan fingerprint density at radius 1 is 1.40 bits per heavy atom. The highest BCUT2D eigenvalue weighted by Crippen LogP contribution is 2.45. The maximum absolute atomic E-state index is 5.86. The fraction of sp³-hybridized carbons (Fsp3) is 1.00.